The Morgan fingerprint density at radius 2 is 2.11 bits per heavy atom. The van der Waals surface area contributed by atoms with Crippen LogP contribution in [0.5, 0.6) is 0 Å². The van der Waals surface area contributed by atoms with Crippen molar-refractivity contribution in [2.24, 2.45) is 17.1 Å². The molecule has 0 spiro atoms. The van der Waals surface area contributed by atoms with E-state index in [1.807, 2.05) is 12.3 Å². The lowest BCUT2D eigenvalue weighted by Gasteiger charge is -2.30. The van der Waals surface area contributed by atoms with Gasteiger partial charge >= 0.3 is 0 Å². The highest BCUT2D eigenvalue weighted by Crippen LogP contribution is 2.35. The second kappa shape index (κ2) is 5.91. The first-order chi connectivity index (χ1) is 9.02. The van der Waals surface area contributed by atoms with E-state index in [4.69, 9.17) is 5.73 Å². The first-order valence-corrected chi connectivity index (χ1v) is 7.41. The third-order valence-electron chi connectivity index (χ3n) is 4.34. The summed E-state index contributed by atoms with van der Waals surface area (Å²) in [6.45, 7) is 9.86. The summed E-state index contributed by atoms with van der Waals surface area (Å²) in [7, 11) is 0. The first-order valence-electron chi connectivity index (χ1n) is 7.41. The Labute approximate surface area is 117 Å². The van der Waals surface area contributed by atoms with Gasteiger partial charge in [-0.3, -0.25) is 0 Å². The zero-order valence-electron chi connectivity index (χ0n) is 12.5. The first kappa shape index (κ1) is 14.3. The van der Waals surface area contributed by atoms with Gasteiger partial charge in [-0.05, 0) is 36.7 Å². The number of nitrogens with two attached hydrogens (primary N) is 1. The molecule has 106 valence electrons. The zero-order valence-corrected chi connectivity index (χ0v) is 12.5. The molecule has 2 rings (SSSR count). The molecular formula is C16H27N3. The minimum absolute atomic E-state index is 0.414. The number of hydrogen-bond acceptors (Lipinski definition) is 3. The highest BCUT2D eigenvalue weighted by atomic mass is 15.2. The molecule has 0 saturated carbocycles. The molecule has 0 bridgehead atoms. The van der Waals surface area contributed by atoms with Gasteiger partial charge in [0.2, 0.25) is 0 Å². The van der Waals surface area contributed by atoms with Crippen molar-refractivity contribution in [3.8, 4) is 0 Å². The topological polar surface area (TPSA) is 42.2 Å². The molecule has 1 aliphatic heterocycles. The van der Waals surface area contributed by atoms with Gasteiger partial charge in [0.1, 0.15) is 5.82 Å². The molecular weight excluding hydrogens is 234 g/mol. The summed E-state index contributed by atoms with van der Waals surface area (Å²) in [6, 6.07) is 4.07. The molecule has 2 N–H and O–H groups in total. The monoisotopic (exact) mass is 261 g/mol. The van der Waals surface area contributed by atoms with Crippen molar-refractivity contribution < 1.29 is 0 Å². The lowest BCUT2D eigenvalue weighted by molar-refractivity contribution is 0.220. The lowest BCUT2D eigenvalue weighted by Crippen LogP contribution is -2.28. The molecule has 0 aliphatic carbocycles. The predicted molar refractivity (Wildman–Crippen MR) is 81.1 cm³/mol. The summed E-state index contributed by atoms with van der Waals surface area (Å²) in [5.74, 6) is 1.90. The van der Waals surface area contributed by atoms with Crippen molar-refractivity contribution >= 4 is 5.82 Å². The second-order valence-corrected chi connectivity index (χ2v) is 6.67. The van der Waals surface area contributed by atoms with E-state index in [1.54, 1.807) is 0 Å². The van der Waals surface area contributed by atoms with Crippen molar-refractivity contribution in [1.29, 1.82) is 0 Å². The van der Waals surface area contributed by atoms with E-state index in [0.29, 0.717) is 12.0 Å². The molecule has 0 radical (unpaired) electrons. The number of aromatic nitrogens is 1. The SMILES string of the molecule is CC(C)(C)C1CCCN(c2ncccc2CN)CC1. The second-order valence-electron chi connectivity index (χ2n) is 6.67. The molecule has 0 aromatic carbocycles. The fourth-order valence-corrected chi connectivity index (χ4v) is 3.05. The third-order valence-corrected chi connectivity index (χ3v) is 4.34. The molecule has 1 aromatic heterocycles. The minimum atomic E-state index is 0.414. The van der Waals surface area contributed by atoms with Crippen LogP contribution < -0.4 is 10.6 Å². The van der Waals surface area contributed by atoms with Gasteiger partial charge in [-0.15, -0.1) is 0 Å². The van der Waals surface area contributed by atoms with Crippen molar-refractivity contribution in [3.63, 3.8) is 0 Å². The molecule has 1 fully saturated rings. The predicted octanol–water partition coefficient (Wildman–Crippen LogP) is 3.19. The Hall–Kier alpha value is -1.09. The standard InChI is InChI=1S/C16H27N3/c1-16(2,3)14-7-5-10-19(11-8-14)15-13(12-17)6-4-9-18-15/h4,6,9,14H,5,7-8,10-12,17H2,1-3H3. The number of rotatable bonds is 2. The van der Waals surface area contributed by atoms with E-state index in [0.717, 1.165) is 30.4 Å². The van der Waals surface area contributed by atoms with E-state index in [-0.39, 0.29) is 0 Å². The summed E-state index contributed by atoms with van der Waals surface area (Å²) in [6.07, 6.45) is 5.71. The molecule has 19 heavy (non-hydrogen) atoms. The highest BCUT2D eigenvalue weighted by molar-refractivity contribution is 5.46. The number of pyridine rings is 1. The largest absolute Gasteiger partial charge is 0.356 e. The van der Waals surface area contributed by atoms with Crippen LogP contribution in [0.25, 0.3) is 0 Å². The van der Waals surface area contributed by atoms with Crippen LogP contribution in [-0.4, -0.2) is 18.1 Å². The molecule has 3 heteroatoms. The van der Waals surface area contributed by atoms with Gasteiger partial charge in [0, 0.05) is 31.4 Å². The van der Waals surface area contributed by atoms with Gasteiger partial charge in [-0.1, -0.05) is 26.8 Å². The van der Waals surface area contributed by atoms with E-state index < -0.39 is 0 Å². The fourth-order valence-electron chi connectivity index (χ4n) is 3.05. The summed E-state index contributed by atoms with van der Waals surface area (Å²) in [5.41, 5.74) is 7.40. The van der Waals surface area contributed by atoms with E-state index in [9.17, 15) is 0 Å². The van der Waals surface area contributed by atoms with Gasteiger partial charge in [0.15, 0.2) is 0 Å². The van der Waals surface area contributed by atoms with Crippen LogP contribution in [0.3, 0.4) is 0 Å². The summed E-state index contributed by atoms with van der Waals surface area (Å²) < 4.78 is 0. The Balaban J connectivity index is 2.11. The molecule has 0 amide bonds. The molecule has 1 saturated heterocycles. The van der Waals surface area contributed by atoms with E-state index in [2.05, 4.69) is 36.7 Å². The smallest absolute Gasteiger partial charge is 0.132 e. The van der Waals surface area contributed by atoms with Gasteiger partial charge in [-0.2, -0.15) is 0 Å². The van der Waals surface area contributed by atoms with Crippen LogP contribution in [0.4, 0.5) is 5.82 Å². The Morgan fingerprint density at radius 3 is 2.79 bits per heavy atom. The van der Waals surface area contributed by atoms with Gasteiger partial charge < -0.3 is 10.6 Å². The molecule has 1 aliphatic rings. The van der Waals surface area contributed by atoms with Crippen molar-refractivity contribution in [1.82, 2.24) is 4.98 Å². The van der Waals surface area contributed by atoms with Crippen LogP contribution in [0.2, 0.25) is 0 Å². The molecule has 2 heterocycles. The van der Waals surface area contributed by atoms with Gasteiger partial charge in [0.05, 0.1) is 0 Å². The van der Waals surface area contributed by atoms with E-state index >= 15 is 0 Å². The molecule has 1 unspecified atom stereocenters. The number of anilines is 1. The van der Waals surface area contributed by atoms with Gasteiger partial charge in [0.25, 0.3) is 0 Å². The quantitative estimate of drug-likeness (QED) is 0.889. The Bertz CT molecular complexity index is 409. The average Bonchev–Trinajstić information content (AvgIpc) is 2.64. The maximum atomic E-state index is 5.83. The summed E-state index contributed by atoms with van der Waals surface area (Å²) >= 11 is 0. The van der Waals surface area contributed by atoms with Crippen molar-refractivity contribution in [2.75, 3.05) is 18.0 Å². The molecule has 3 nitrogen and oxygen atoms in total. The van der Waals surface area contributed by atoms with Crippen LogP contribution >= 0.6 is 0 Å². The molecule has 1 atom stereocenters. The fraction of sp³-hybridized carbons (Fsp3) is 0.688. The normalized spacial score (nSPS) is 21.3. The lowest BCUT2D eigenvalue weighted by atomic mass is 9.77. The minimum Gasteiger partial charge on any atom is -0.356 e. The van der Waals surface area contributed by atoms with Crippen LogP contribution in [-0.2, 0) is 6.54 Å². The Morgan fingerprint density at radius 1 is 1.32 bits per heavy atom. The van der Waals surface area contributed by atoms with Crippen molar-refractivity contribution in [3.05, 3.63) is 23.9 Å². The van der Waals surface area contributed by atoms with E-state index in [1.165, 1.54) is 19.3 Å². The number of hydrogen-bond donors (Lipinski definition) is 1. The van der Waals surface area contributed by atoms with Crippen molar-refractivity contribution in [2.45, 2.75) is 46.6 Å². The van der Waals surface area contributed by atoms with Crippen LogP contribution in [0, 0.1) is 11.3 Å². The summed E-state index contributed by atoms with van der Waals surface area (Å²) in [5, 5.41) is 0. The Kier molecular flexibility index (Phi) is 4.46. The van der Waals surface area contributed by atoms with Gasteiger partial charge in [-0.25, -0.2) is 4.98 Å². The maximum Gasteiger partial charge on any atom is 0.132 e. The molecule has 1 aromatic rings. The van der Waals surface area contributed by atoms with Crippen LogP contribution in [0.15, 0.2) is 18.3 Å². The third kappa shape index (κ3) is 3.47. The summed E-state index contributed by atoms with van der Waals surface area (Å²) in [4.78, 5) is 6.97. The maximum absolute atomic E-state index is 5.83. The zero-order chi connectivity index (χ0) is 13.9. The number of nitrogens with zero attached hydrogens (tertiary/aromatic N) is 2. The highest BCUT2D eigenvalue weighted by Gasteiger charge is 2.27. The van der Waals surface area contributed by atoms with Crippen LogP contribution in [0.1, 0.15) is 45.6 Å². The average molecular weight is 261 g/mol.